The SMILES string of the molecule is CCN(C(=O)c1cccs1)C1COCC1C(=O)O. The summed E-state index contributed by atoms with van der Waals surface area (Å²) in [4.78, 5) is 25.6. The van der Waals surface area contributed by atoms with Crippen molar-refractivity contribution in [3.05, 3.63) is 22.4 Å². The number of carboxylic acid groups (broad SMARTS) is 1. The number of nitrogens with zero attached hydrogens (tertiary/aromatic N) is 1. The molecule has 2 rings (SSSR count). The van der Waals surface area contributed by atoms with E-state index in [-0.39, 0.29) is 18.6 Å². The van der Waals surface area contributed by atoms with Gasteiger partial charge in [-0.15, -0.1) is 11.3 Å². The lowest BCUT2D eigenvalue weighted by Gasteiger charge is -2.28. The van der Waals surface area contributed by atoms with Crippen molar-refractivity contribution in [1.29, 1.82) is 0 Å². The molecule has 18 heavy (non-hydrogen) atoms. The van der Waals surface area contributed by atoms with Gasteiger partial charge in [0.1, 0.15) is 5.92 Å². The van der Waals surface area contributed by atoms with Gasteiger partial charge in [-0.2, -0.15) is 0 Å². The van der Waals surface area contributed by atoms with Gasteiger partial charge in [0.25, 0.3) is 5.91 Å². The van der Waals surface area contributed by atoms with Gasteiger partial charge in [0.05, 0.1) is 24.1 Å². The molecule has 6 heteroatoms. The number of carboxylic acids is 1. The number of carbonyl (C=O) groups is 2. The number of carbonyl (C=O) groups excluding carboxylic acids is 1. The molecule has 2 atom stereocenters. The van der Waals surface area contributed by atoms with Crippen LogP contribution in [0.1, 0.15) is 16.6 Å². The van der Waals surface area contributed by atoms with Crippen LogP contribution in [0.15, 0.2) is 17.5 Å². The predicted molar refractivity (Wildman–Crippen MR) is 66.8 cm³/mol. The van der Waals surface area contributed by atoms with Crippen LogP contribution in [0.25, 0.3) is 0 Å². The Hall–Kier alpha value is -1.40. The normalized spacial score (nSPS) is 22.9. The second-order valence-corrected chi connectivity index (χ2v) is 5.07. The molecule has 1 aromatic rings. The fourth-order valence-corrected chi connectivity index (χ4v) is 2.84. The Labute approximate surface area is 109 Å². The third-order valence-corrected chi connectivity index (χ3v) is 3.96. The van der Waals surface area contributed by atoms with Crippen molar-refractivity contribution in [2.75, 3.05) is 19.8 Å². The number of hydrogen-bond acceptors (Lipinski definition) is 4. The lowest BCUT2D eigenvalue weighted by atomic mass is 10.0. The minimum Gasteiger partial charge on any atom is -0.481 e. The van der Waals surface area contributed by atoms with Crippen molar-refractivity contribution >= 4 is 23.2 Å². The van der Waals surface area contributed by atoms with Crippen molar-refractivity contribution in [2.24, 2.45) is 5.92 Å². The molecule has 1 saturated heterocycles. The second-order valence-electron chi connectivity index (χ2n) is 4.12. The van der Waals surface area contributed by atoms with E-state index in [0.29, 0.717) is 18.0 Å². The van der Waals surface area contributed by atoms with E-state index in [4.69, 9.17) is 9.84 Å². The highest BCUT2D eigenvalue weighted by molar-refractivity contribution is 7.12. The summed E-state index contributed by atoms with van der Waals surface area (Å²) < 4.78 is 5.21. The average Bonchev–Trinajstić information content (AvgIpc) is 3.00. The Morgan fingerprint density at radius 2 is 2.33 bits per heavy atom. The van der Waals surface area contributed by atoms with Crippen molar-refractivity contribution in [2.45, 2.75) is 13.0 Å². The van der Waals surface area contributed by atoms with Gasteiger partial charge in [-0.1, -0.05) is 6.07 Å². The number of hydrogen-bond donors (Lipinski definition) is 1. The number of likely N-dealkylation sites (N-methyl/N-ethyl adjacent to an activating group) is 1. The molecule has 0 aromatic carbocycles. The van der Waals surface area contributed by atoms with Crippen molar-refractivity contribution < 1.29 is 19.4 Å². The molecule has 1 aliphatic rings. The zero-order chi connectivity index (χ0) is 13.1. The number of thiophene rings is 1. The van der Waals surface area contributed by atoms with Crippen LogP contribution in [0.3, 0.4) is 0 Å². The lowest BCUT2D eigenvalue weighted by Crippen LogP contribution is -2.46. The lowest BCUT2D eigenvalue weighted by molar-refractivity contribution is -0.142. The molecule has 1 N–H and O–H groups in total. The summed E-state index contributed by atoms with van der Waals surface area (Å²) in [6.07, 6.45) is 0. The molecule has 1 amide bonds. The molecule has 98 valence electrons. The third-order valence-electron chi connectivity index (χ3n) is 3.10. The van der Waals surface area contributed by atoms with E-state index >= 15 is 0 Å². The molecule has 0 bridgehead atoms. The molecule has 0 saturated carbocycles. The Bertz CT molecular complexity index is 431. The van der Waals surface area contributed by atoms with Crippen molar-refractivity contribution in [1.82, 2.24) is 4.90 Å². The summed E-state index contributed by atoms with van der Waals surface area (Å²) >= 11 is 1.36. The monoisotopic (exact) mass is 269 g/mol. The van der Waals surface area contributed by atoms with Crippen LogP contribution in [0.4, 0.5) is 0 Å². The summed E-state index contributed by atoms with van der Waals surface area (Å²) in [7, 11) is 0. The topological polar surface area (TPSA) is 66.8 Å². The highest BCUT2D eigenvalue weighted by atomic mass is 32.1. The zero-order valence-corrected chi connectivity index (χ0v) is 10.9. The van der Waals surface area contributed by atoms with E-state index in [0.717, 1.165) is 0 Å². The summed E-state index contributed by atoms with van der Waals surface area (Å²) in [6, 6.07) is 3.19. The van der Waals surface area contributed by atoms with Crippen LogP contribution in [-0.2, 0) is 9.53 Å². The summed E-state index contributed by atoms with van der Waals surface area (Å²) in [5.74, 6) is -1.65. The van der Waals surface area contributed by atoms with Gasteiger partial charge in [0, 0.05) is 6.54 Å². The maximum atomic E-state index is 12.3. The minimum atomic E-state index is -0.907. The maximum absolute atomic E-state index is 12.3. The first-order valence-corrected chi connectivity index (χ1v) is 6.68. The van der Waals surface area contributed by atoms with Gasteiger partial charge in [0.15, 0.2) is 0 Å². The Morgan fingerprint density at radius 3 is 2.89 bits per heavy atom. The molecular weight excluding hydrogens is 254 g/mol. The highest BCUT2D eigenvalue weighted by Gasteiger charge is 2.39. The Balaban J connectivity index is 2.18. The van der Waals surface area contributed by atoms with E-state index in [1.807, 2.05) is 18.4 Å². The van der Waals surface area contributed by atoms with Crippen molar-refractivity contribution in [3.8, 4) is 0 Å². The smallest absolute Gasteiger partial charge is 0.311 e. The molecule has 1 fully saturated rings. The molecule has 0 aliphatic carbocycles. The van der Waals surface area contributed by atoms with Crippen LogP contribution in [0, 0.1) is 5.92 Å². The maximum Gasteiger partial charge on any atom is 0.311 e. The van der Waals surface area contributed by atoms with Crippen LogP contribution in [-0.4, -0.2) is 47.7 Å². The third kappa shape index (κ3) is 2.39. The molecule has 0 radical (unpaired) electrons. The van der Waals surface area contributed by atoms with E-state index in [2.05, 4.69) is 0 Å². The first kappa shape index (κ1) is 13.0. The van der Waals surface area contributed by atoms with Crippen LogP contribution in [0.5, 0.6) is 0 Å². The van der Waals surface area contributed by atoms with E-state index in [1.54, 1.807) is 11.0 Å². The number of aliphatic carboxylic acids is 1. The molecule has 2 unspecified atom stereocenters. The fraction of sp³-hybridized carbons (Fsp3) is 0.500. The van der Waals surface area contributed by atoms with Gasteiger partial charge in [0.2, 0.25) is 0 Å². The van der Waals surface area contributed by atoms with Crippen LogP contribution < -0.4 is 0 Å². The molecule has 1 aromatic heterocycles. The van der Waals surface area contributed by atoms with Gasteiger partial charge in [-0.25, -0.2) is 0 Å². The first-order chi connectivity index (χ1) is 8.65. The second kappa shape index (κ2) is 5.49. The van der Waals surface area contributed by atoms with Crippen LogP contribution >= 0.6 is 11.3 Å². The summed E-state index contributed by atoms with van der Waals surface area (Å²) in [5.41, 5.74) is 0. The number of ether oxygens (including phenoxy) is 1. The minimum absolute atomic E-state index is 0.116. The largest absolute Gasteiger partial charge is 0.481 e. The number of amides is 1. The molecular formula is C12H15NO4S. The molecule has 5 nitrogen and oxygen atoms in total. The number of rotatable bonds is 4. The Morgan fingerprint density at radius 1 is 1.56 bits per heavy atom. The average molecular weight is 269 g/mol. The molecule has 0 spiro atoms. The summed E-state index contributed by atoms with van der Waals surface area (Å²) in [6.45, 7) is 2.80. The first-order valence-electron chi connectivity index (χ1n) is 5.80. The predicted octanol–water partition coefficient (Wildman–Crippen LogP) is 1.31. The highest BCUT2D eigenvalue weighted by Crippen LogP contribution is 2.23. The van der Waals surface area contributed by atoms with Gasteiger partial charge in [-0.05, 0) is 18.4 Å². The quantitative estimate of drug-likeness (QED) is 0.895. The molecule has 2 heterocycles. The van der Waals surface area contributed by atoms with E-state index in [9.17, 15) is 9.59 Å². The van der Waals surface area contributed by atoms with Crippen molar-refractivity contribution in [3.63, 3.8) is 0 Å². The Kier molecular flexibility index (Phi) is 3.98. The molecule has 1 aliphatic heterocycles. The zero-order valence-electron chi connectivity index (χ0n) is 10.0. The van der Waals surface area contributed by atoms with Gasteiger partial charge >= 0.3 is 5.97 Å². The van der Waals surface area contributed by atoms with E-state index in [1.165, 1.54) is 11.3 Å². The standard InChI is InChI=1S/C12H15NO4S/c1-2-13(11(14)10-4-3-5-18-10)9-7-17-6-8(9)12(15)16/h3-5,8-9H,2,6-7H2,1H3,(H,15,16). The van der Waals surface area contributed by atoms with E-state index < -0.39 is 11.9 Å². The van der Waals surface area contributed by atoms with Crippen LogP contribution in [0.2, 0.25) is 0 Å². The fourth-order valence-electron chi connectivity index (χ4n) is 2.16. The van der Waals surface area contributed by atoms with Gasteiger partial charge < -0.3 is 14.7 Å². The van der Waals surface area contributed by atoms with Gasteiger partial charge in [-0.3, -0.25) is 9.59 Å². The summed E-state index contributed by atoms with van der Waals surface area (Å²) in [5, 5.41) is 11.0.